The van der Waals surface area contributed by atoms with Gasteiger partial charge in [-0.25, -0.2) is 0 Å². The van der Waals surface area contributed by atoms with Crippen molar-refractivity contribution in [1.82, 2.24) is 15.5 Å². The zero-order valence-corrected chi connectivity index (χ0v) is 11.8. The second-order valence-electron chi connectivity index (χ2n) is 4.98. The molecule has 1 aromatic carbocycles. The molecule has 0 spiro atoms. The Labute approximate surface area is 120 Å². The maximum absolute atomic E-state index is 5.41. The molecule has 3 heterocycles. The zero-order valence-electron chi connectivity index (χ0n) is 11.0. The van der Waals surface area contributed by atoms with Gasteiger partial charge in [-0.1, -0.05) is 11.2 Å². The number of nitrogens with zero attached hydrogens (tertiary/aromatic N) is 2. The molecular weight excluding hydrogens is 270 g/mol. The Morgan fingerprint density at radius 2 is 2.10 bits per heavy atom. The number of aryl methyl sites for hydroxylation is 1. The molecular formula is C15H13N3OS. The van der Waals surface area contributed by atoms with Crippen molar-refractivity contribution in [3.63, 3.8) is 0 Å². The third kappa shape index (κ3) is 1.87. The molecule has 0 atom stereocenters. The summed E-state index contributed by atoms with van der Waals surface area (Å²) in [6, 6.07) is 6.31. The van der Waals surface area contributed by atoms with E-state index in [2.05, 4.69) is 45.3 Å². The van der Waals surface area contributed by atoms with Gasteiger partial charge in [-0.05, 0) is 41.1 Å². The predicted molar refractivity (Wildman–Crippen MR) is 78.3 cm³/mol. The highest BCUT2D eigenvalue weighted by molar-refractivity contribution is 7.08. The van der Waals surface area contributed by atoms with Crippen molar-refractivity contribution in [2.75, 3.05) is 0 Å². The molecule has 0 bridgehead atoms. The number of fused-ring (bicyclic) bond motifs is 1. The lowest BCUT2D eigenvalue weighted by Gasteiger charge is -1.99. The Morgan fingerprint density at radius 1 is 1.20 bits per heavy atom. The van der Waals surface area contributed by atoms with Gasteiger partial charge < -0.3 is 9.84 Å². The highest BCUT2D eigenvalue weighted by atomic mass is 32.1. The fourth-order valence-corrected chi connectivity index (χ4v) is 3.29. The largest absolute Gasteiger partial charge is 0.334 e. The molecule has 0 unspecified atom stereocenters. The Kier molecular flexibility index (Phi) is 2.68. The number of rotatable bonds is 2. The maximum atomic E-state index is 5.41. The summed E-state index contributed by atoms with van der Waals surface area (Å²) in [6.45, 7) is 3.91. The molecule has 0 saturated heterocycles. The fourth-order valence-electron chi connectivity index (χ4n) is 2.47. The number of aromatic nitrogens is 2. The Hall–Kier alpha value is -1.98. The van der Waals surface area contributed by atoms with Gasteiger partial charge >= 0.3 is 0 Å². The van der Waals surface area contributed by atoms with E-state index >= 15 is 0 Å². The van der Waals surface area contributed by atoms with Crippen LogP contribution in [0, 0.1) is 6.92 Å². The first-order valence-electron chi connectivity index (χ1n) is 6.51. The van der Waals surface area contributed by atoms with Crippen molar-refractivity contribution in [3.8, 4) is 22.8 Å². The van der Waals surface area contributed by atoms with Crippen molar-refractivity contribution in [3.05, 3.63) is 45.6 Å². The minimum Gasteiger partial charge on any atom is -0.334 e. The summed E-state index contributed by atoms with van der Waals surface area (Å²) in [4.78, 5) is 4.52. The molecule has 3 aromatic rings. The Morgan fingerprint density at radius 3 is 2.95 bits per heavy atom. The van der Waals surface area contributed by atoms with E-state index in [0.717, 1.165) is 24.2 Å². The van der Waals surface area contributed by atoms with Crippen LogP contribution in [-0.2, 0) is 13.1 Å². The molecule has 0 amide bonds. The topological polar surface area (TPSA) is 51.0 Å². The fraction of sp³-hybridized carbons (Fsp3) is 0.200. The average Bonchev–Trinajstić information content (AvgIpc) is 3.17. The highest BCUT2D eigenvalue weighted by Gasteiger charge is 2.16. The number of nitrogens with one attached hydrogen (secondary N) is 1. The average molecular weight is 283 g/mol. The summed E-state index contributed by atoms with van der Waals surface area (Å²) in [6.07, 6.45) is 0. The van der Waals surface area contributed by atoms with Crippen molar-refractivity contribution in [1.29, 1.82) is 0 Å². The Bertz CT molecular complexity index is 775. The second kappa shape index (κ2) is 4.54. The van der Waals surface area contributed by atoms with Gasteiger partial charge in [-0.3, -0.25) is 0 Å². The molecule has 20 heavy (non-hydrogen) atoms. The number of hydrogen-bond donors (Lipinski definition) is 1. The number of thiophene rings is 1. The van der Waals surface area contributed by atoms with Crippen molar-refractivity contribution >= 4 is 11.3 Å². The SMILES string of the molecule is Cc1cscc1-c1noc(-c2ccc3c(c2)CNC3)n1. The summed E-state index contributed by atoms with van der Waals surface area (Å²) in [5.41, 5.74) is 5.88. The molecule has 0 aliphatic carbocycles. The standard InChI is InChI=1S/C15H13N3OS/c1-9-7-20-8-13(9)14-17-15(19-18-14)10-2-3-11-5-16-6-12(11)4-10/h2-4,7-8,16H,5-6H2,1H3. The van der Waals surface area contributed by atoms with Crippen LogP contribution >= 0.6 is 11.3 Å². The van der Waals surface area contributed by atoms with E-state index in [1.807, 2.05) is 6.07 Å². The number of benzene rings is 1. The first-order chi connectivity index (χ1) is 9.81. The maximum Gasteiger partial charge on any atom is 0.258 e. The van der Waals surface area contributed by atoms with Gasteiger partial charge in [0.1, 0.15) is 0 Å². The molecule has 5 heteroatoms. The summed E-state index contributed by atoms with van der Waals surface area (Å²) in [5, 5.41) is 11.6. The first-order valence-corrected chi connectivity index (χ1v) is 7.45. The highest BCUT2D eigenvalue weighted by Crippen LogP contribution is 2.28. The lowest BCUT2D eigenvalue weighted by molar-refractivity contribution is 0.432. The van der Waals surface area contributed by atoms with Gasteiger partial charge in [-0.15, -0.1) is 0 Å². The molecule has 100 valence electrons. The molecule has 0 radical (unpaired) electrons. The van der Waals surface area contributed by atoms with Gasteiger partial charge in [0.05, 0.1) is 0 Å². The van der Waals surface area contributed by atoms with Crippen molar-refractivity contribution in [2.24, 2.45) is 0 Å². The third-order valence-electron chi connectivity index (χ3n) is 3.61. The summed E-state index contributed by atoms with van der Waals surface area (Å²) >= 11 is 1.65. The summed E-state index contributed by atoms with van der Waals surface area (Å²) in [5.74, 6) is 1.25. The summed E-state index contributed by atoms with van der Waals surface area (Å²) in [7, 11) is 0. The van der Waals surface area contributed by atoms with Crippen LogP contribution in [0.15, 0.2) is 33.5 Å². The summed E-state index contributed by atoms with van der Waals surface area (Å²) < 4.78 is 5.41. The van der Waals surface area contributed by atoms with Crippen LogP contribution in [0.25, 0.3) is 22.8 Å². The van der Waals surface area contributed by atoms with E-state index < -0.39 is 0 Å². The Balaban J connectivity index is 1.73. The number of hydrogen-bond acceptors (Lipinski definition) is 5. The monoisotopic (exact) mass is 283 g/mol. The van der Waals surface area contributed by atoms with Crippen LogP contribution in [0.4, 0.5) is 0 Å². The van der Waals surface area contributed by atoms with Gasteiger partial charge in [0.15, 0.2) is 0 Å². The zero-order chi connectivity index (χ0) is 13.5. The molecule has 0 fully saturated rings. The second-order valence-corrected chi connectivity index (χ2v) is 5.72. The van der Waals surface area contributed by atoms with Crippen LogP contribution in [0.5, 0.6) is 0 Å². The van der Waals surface area contributed by atoms with Gasteiger partial charge in [0.2, 0.25) is 5.82 Å². The molecule has 2 aromatic heterocycles. The molecule has 1 aliphatic heterocycles. The third-order valence-corrected chi connectivity index (χ3v) is 4.47. The van der Waals surface area contributed by atoms with Crippen LogP contribution in [0.1, 0.15) is 16.7 Å². The van der Waals surface area contributed by atoms with Crippen molar-refractivity contribution < 1.29 is 4.52 Å². The van der Waals surface area contributed by atoms with E-state index in [9.17, 15) is 0 Å². The van der Waals surface area contributed by atoms with Crippen LogP contribution in [0.3, 0.4) is 0 Å². The van der Waals surface area contributed by atoms with Crippen LogP contribution in [0.2, 0.25) is 0 Å². The van der Waals surface area contributed by atoms with Crippen LogP contribution < -0.4 is 5.32 Å². The lowest BCUT2D eigenvalue weighted by atomic mass is 10.1. The smallest absolute Gasteiger partial charge is 0.258 e. The molecule has 4 rings (SSSR count). The van der Waals surface area contributed by atoms with E-state index in [0.29, 0.717) is 11.7 Å². The van der Waals surface area contributed by atoms with Gasteiger partial charge in [0.25, 0.3) is 5.89 Å². The molecule has 1 N–H and O–H groups in total. The van der Waals surface area contributed by atoms with E-state index in [4.69, 9.17) is 4.52 Å². The molecule has 4 nitrogen and oxygen atoms in total. The quantitative estimate of drug-likeness (QED) is 0.783. The minimum absolute atomic E-state index is 0.584. The van der Waals surface area contributed by atoms with Gasteiger partial charge in [0, 0.05) is 29.6 Å². The van der Waals surface area contributed by atoms with E-state index in [1.54, 1.807) is 11.3 Å². The first kappa shape index (κ1) is 11.8. The normalized spacial score (nSPS) is 13.7. The molecule has 0 saturated carbocycles. The molecule has 1 aliphatic rings. The van der Waals surface area contributed by atoms with Gasteiger partial charge in [-0.2, -0.15) is 16.3 Å². The van der Waals surface area contributed by atoms with E-state index in [1.165, 1.54) is 16.7 Å². The minimum atomic E-state index is 0.584. The van der Waals surface area contributed by atoms with Crippen LogP contribution in [-0.4, -0.2) is 10.1 Å². The predicted octanol–water partition coefficient (Wildman–Crippen LogP) is 3.38. The van der Waals surface area contributed by atoms with Crippen molar-refractivity contribution in [2.45, 2.75) is 20.0 Å². The lowest BCUT2D eigenvalue weighted by Crippen LogP contribution is -1.99. The van der Waals surface area contributed by atoms with E-state index in [-0.39, 0.29) is 0 Å².